The quantitative estimate of drug-likeness (QED) is 0.637. The van der Waals surface area contributed by atoms with Crippen LogP contribution >= 0.6 is 11.3 Å². The van der Waals surface area contributed by atoms with Gasteiger partial charge in [-0.05, 0) is 31.5 Å². The summed E-state index contributed by atoms with van der Waals surface area (Å²) >= 11 is 1.61. The minimum atomic E-state index is -0.271. The van der Waals surface area contributed by atoms with Crippen LogP contribution in [0.4, 0.5) is 10.8 Å². The molecule has 0 saturated carbocycles. The molecule has 0 saturated heterocycles. The van der Waals surface area contributed by atoms with E-state index in [1.165, 1.54) is 11.8 Å². The Labute approximate surface area is 162 Å². The molecule has 1 amide bonds. The number of nitrogens with one attached hydrogen (secondary N) is 2. The third-order valence-corrected chi connectivity index (χ3v) is 5.05. The number of ketones is 1. The van der Waals surface area contributed by atoms with Gasteiger partial charge in [-0.2, -0.15) is 0 Å². The van der Waals surface area contributed by atoms with E-state index in [1.54, 1.807) is 29.5 Å². The van der Waals surface area contributed by atoms with Gasteiger partial charge in [-0.15, -0.1) is 11.3 Å². The van der Waals surface area contributed by atoms with Crippen LogP contribution in [0.15, 0.2) is 54.6 Å². The van der Waals surface area contributed by atoms with E-state index in [1.807, 2.05) is 24.3 Å². The van der Waals surface area contributed by atoms with Gasteiger partial charge in [-0.3, -0.25) is 9.59 Å². The zero-order valence-corrected chi connectivity index (χ0v) is 16.1. The average molecular weight is 379 g/mol. The number of anilines is 2. The van der Waals surface area contributed by atoms with Crippen molar-refractivity contribution >= 4 is 33.8 Å². The van der Waals surface area contributed by atoms with Gasteiger partial charge >= 0.3 is 0 Å². The van der Waals surface area contributed by atoms with Gasteiger partial charge in [0.05, 0.1) is 12.2 Å². The van der Waals surface area contributed by atoms with Crippen molar-refractivity contribution in [1.82, 2.24) is 10.3 Å². The Kier molecular flexibility index (Phi) is 5.98. The topological polar surface area (TPSA) is 71.1 Å². The maximum Gasteiger partial charge on any atom is 0.251 e. The van der Waals surface area contributed by atoms with Crippen LogP contribution in [-0.4, -0.2) is 23.2 Å². The van der Waals surface area contributed by atoms with Gasteiger partial charge in [0, 0.05) is 21.7 Å². The van der Waals surface area contributed by atoms with Crippen LogP contribution in [0.2, 0.25) is 0 Å². The molecular formula is C21H21N3O2S. The molecule has 0 aliphatic carbocycles. The Bertz CT molecular complexity index is 951. The number of benzene rings is 2. The molecule has 0 aliphatic heterocycles. The first kappa shape index (κ1) is 18.8. The molecule has 3 aromatic rings. The average Bonchev–Trinajstić information content (AvgIpc) is 3.09. The predicted molar refractivity (Wildman–Crippen MR) is 110 cm³/mol. The zero-order chi connectivity index (χ0) is 19.2. The second-order valence-electron chi connectivity index (χ2n) is 6.10. The summed E-state index contributed by atoms with van der Waals surface area (Å²) in [6.45, 7) is 3.59. The Balaban J connectivity index is 1.80. The Morgan fingerprint density at radius 1 is 1.07 bits per heavy atom. The van der Waals surface area contributed by atoms with Gasteiger partial charge < -0.3 is 10.6 Å². The van der Waals surface area contributed by atoms with Gasteiger partial charge in [0.1, 0.15) is 5.78 Å². The van der Waals surface area contributed by atoms with E-state index in [-0.39, 0.29) is 18.2 Å². The molecule has 0 unspecified atom stereocenters. The van der Waals surface area contributed by atoms with E-state index in [4.69, 9.17) is 4.98 Å². The molecule has 1 aromatic heterocycles. The lowest BCUT2D eigenvalue weighted by Gasteiger charge is -2.06. The van der Waals surface area contributed by atoms with Crippen LogP contribution in [0.3, 0.4) is 0 Å². The Morgan fingerprint density at radius 2 is 1.85 bits per heavy atom. The van der Waals surface area contributed by atoms with E-state index in [2.05, 4.69) is 29.7 Å². The lowest BCUT2D eigenvalue weighted by atomic mass is 10.1. The molecular weight excluding hydrogens is 358 g/mol. The summed E-state index contributed by atoms with van der Waals surface area (Å²) in [7, 11) is 0. The predicted octanol–water partition coefficient (Wildman–Crippen LogP) is 4.43. The van der Waals surface area contributed by atoms with Gasteiger partial charge in [0.15, 0.2) is 5.13 Å². The minimum absolute atomic E-state index is 0.0310. The van der Waals surface area contributed by atoms with Crippen molar-refractivity contribution in [2.75, 3.05) is 11.9 Å². The summed E-state index contributed by atoms with van der Waals surface area (Å²) in [5.41, 5.74) is 3.36. The maximum atomic E-state index is 12.1. The highest BCUT2D eigenvalue weighted by atomic mass is 32.1. The van der Waals surface area contributed by atoms with Gasteiger partial charge in [0.2, 0.25) is 0 Å². The van der Waals surface area contributed by atoms with E-state index in [0.717, 1.165) is 28.5 Å². The lowest BCUT2D eigenvalue weighted by molar-refractivity contribution is -0.116. The fourth-order valence-electron chi connectivity index (χ4n) is 2.63. The zero-order valence-electron chi connectivity index (χ0n) is 15.3. The molecule has 3 rings (SSSR count). The molecule has 27 heavy (non-hydrogen) atoms. The van der Waals surface area contributed by atoms with Crippen molar-refractivity contribution in [3.8, 4) is 11.3 Å². The van der Waals surface area contributed by atoms with Crippen molar-refractivity contribution in [3.63, 3.8) is 0 Å². The number of hydrogen-bond donors (Lipinski definition) is 2. The standard InChI is InChI=1S/C21H21N3O2S/c1-3-18-19(15-8-5-4-6-9-15)24-21(27-18)23-17-11-7-10-16(12-17)20(26)22-13-14(2)25/h4-12H,3,13H2,1-2H3,(H,22,26)(H,23,24). The number of hydrogen-bond acceptors (Lipinski definition) is 5. The molecule has 0 bridgehead atoms. The van der Waals surface area contributed by atoms with E-state index in [0.29, 0.717) is 5.56 Å². The number of carbonyl (C=O) groups excluding carboxylic acids is 2. The van der Waals surface area contributed by atoms with Crippen LogP contribution in [0.1, 0.15) is 29.1 Å². The highest BCUT2D eigenvalue weighted by molar-refractivity contribution is 7.16. The van der Waals surface area contributed by atoms with Crippen LogP contribution in [0, 0.1) is 0 Å². The van der Waals surface area contributed by atoms with Crippen LogP contribution < -0.4 is 10.6 Å². The number of Topliss-reactive ketones (excluding diaryl/α,β-unsaturated/α-hetero) is 1. The molecule has 0 fully saturated rings. The number of rotatable bonds is 7. The third kappa shape index (κ3) is 4.80. The number of carbonyl (C=O) groups is 2. The number of aryl methyl sites for hydroxylation is 1. The van der Waals surface area contributed by atoms with Crippen LogP contribution in [0.5, 0.6) is 0 Å². The third-order valence-electron chi connectivity index (χ3n) is 3.94. The number of nitrogens with zero attached hydrogens (tertiary/aromatic N) is 1. The SMILES string of the molecule is CCc1sc(Nc2cccc(C(=O)NCC(C)=O)c2)nc1-c1ccccc1. The molecule has 0 atom stereocenters. The van der Waals surface area contributed by atoms with Crippen LogP contribution in [0.25, 0.3) is 11.3 Å². The molecule has 0 radical (unpaired) electrons. The van der Waals surface area contributed by atoms with Crippen molar-refractivity contribution < 1.29 is 9.59 Å². The second-order valence-corrected chi connectivity index (χ2v) is 7.18. The Morgan fingerprint density at radius 3 is 2.56 bits per heavy atom. The van der Waals surface area contributed by atoms with E-state index >= 15 is 0 Å². The van der Waals surface area contributed by atoms with Crippen molar-refractivity contribution in [3.05, 3.63) is 65.0 Å². The molecule has 1 heterocycles. The summed E-state index contributed by atoms with van der Waals surface area (Å²) in [5, 5.41) is 6.68. The summed E-state index contributed by atoms with van der Waals surface area (Å²) in [6.07, 6.45) is 0.900. The highest BCUT2D eigenvalue weighted by Gasteiger charge is 2.13. The maximum absolute atomic E-state index is 12.1. The molecule has 2 aromatic carbocycles. The lowest BCUT2D eigenvalue weighted by Crippen LogP contribution is -2.28. The summed E-state index contributed by atoms with van der Waals surface area (Å²) in [5.74, 6) is -0.354. The molecule has 6 heteroatoms. The number of thiazole rings is 1. The van der Waals surface area contributed by atoms with Crippen molar-refractivity contribution in [2.45, 2.75) is 20.3 Å². The fraction of sp³-hybridized carbons (Fsp3) is 0.190. The molecule has 2 N–H and O–H groups in total. The molecule has 0 spiro atoms. The van der Waals surface area contributed by atoms with Gasteiger partial charge in [-0.25, -0.2) is 4.98 Å². The first-order valence-corrected chi connectivity index (χ1v) is 9.58. The summed E-state index contributed by atoms with van der Waals surface area (Å²) in [6, 6.07) is 17.3. The van der Waals surface area contributed by atoms with Gasteiger partial charge in [0.25, 0.3) is 5.91 Å². The first-order chi connectivity index (χ1) is 13.1. The second kappa shape index (κ2) is 8.60. The highest BCUT2D eigenvalue weighted by Crippen LogP contribution is 2.33. The monoisotopic (exact) mass is 379 g/mol. The van der Waals surface area contributed by atoms with Crippen LogP contribution in [-0.2, 0) is 11.2 Å². The number of amides is 1. The molecule has 5 nitrogen and oxygen atoms in total. The van der Waals surface area contributed by atoms with E-state index < -0.39 is 0 Å². The minimum Gasteiger partial charge on any atom is -0.345 e. The smallest absolute Gasteiger partial charge is 0.251 e. The fourth-order valence-corrected chi connectivity index (χ4v) is 3.58. The molecule has 0 aliphatic rings. The van der Waals surface area contributed by atoms with Crippen molar-refractivity contribution in [2.24, 2.45) is 0 Å². The normalized spacial score (nSPS) is 10.4. The summed E-state index contributed by atoms with van der Waals surface area (Å²) < 4.78 is 0. The largest absolute Gasteiger partial charge is 0.345 e. The summed E-state index contributed by atoms with van der Waals surface area (Å²) in [4.78, 5) is 29.1. The first-order valence-electron chi connectivity index (χ1n) is 8.76. The molecule has 138 valence electrons. The van der Waals surface area contributed by atoms with Gasteiger partial charge in [-0.1, -0.05) is 43.3 Å². The van der Waals surface area contributed by atoms with E-state index in [9.17, 15) is 9.59 Å². The number of aromatic nitrogens is 1. The Hall–Kier alpha value is -2.99. The van der Waals surface area contributed by atoms with Crippen molar-refractivity contribution in [1.29, 1.82) is 0 Å².